The Morgan fingerprint density at radius 1 is 1.30 bits per heavy atom. The molecule has 20 heavy (non-hydrogen) atoms. The van der Waals surface area contributed by atoms with Crippen LogP contribution in [0.1, 0.15) is 33.3 Å². The highest BCUT2D eigenvalue weighted by atomic mass is 19.1. The topological polar surface area (TPSA) is 62.3 Å². The van der Waals surface area contributed by atoms with Crippen molar-refractivity contribution in [3.8, 4) is 5.75 Å². The molecule has 1 rings (SSSR count). The molecule has 0 unspecified atom stereocenters. The van der Waals surface area contributed by atoms with Gasteiger partial charge in [0.1, 0.15) is 24.0 Å². The predicted molar refractivity (Wildman–Crippen MR) is 79.9 cm³/mol. The summed E-state index contributed by atoms with van der Waals surface area (Å²) in [6.45, 7) is 9.79. The SMILES string of the molecule is CC(C)N(CCOc1ccc(F)cc1C(=N)N)C(C)C. The van der Waals surface area contributed by atoms with Gasteiger partial charge in [0.2, 0.25) is 0 Å². The van der Waals surface area contributed by atoms with Crippen LogP contribution in [0.4, 0.5) is 4.39 Å². The van der Waals surface area contributed by atoms with Crippen LogP contribution in [0.15, 0.2) is 18.2 Å². The van der Waals surface area contributed by atoms with Gasteiger partial charge in [-0.2, -0.15) is 0 Å². The first kappa shape index (κ1) is 16.4. The largest absolute Gasteiger partial charge is 0.491 e. The van der Waals surface area contributed by atoms with Gasteiger partial charge >= 0.3 is 0 Å². The van der Waals surface area contributed by atoms with Gasteiger partial charge in [-0.1, -0.05) is 0 Å². The van der Waals surface area contributed by atoms with Crippen molar-refractivity contribution in [1.82, 2.24) is 4.90 Å². The van der Waals surface area contributed by atoms with E-state index in [1.807, 2.05) is 0 Å². The molecule has 0 bridgehead atoms. The maximum absolute atomic E-state index is 13.2. The molecule has 0 amide bonds. The maximum atomic E-state index is 13.2. The van der Waals surface area contributed by atoms with Crippen LogP contribution in [-0.4, -0.2) is 36.0 Å². The zero-order chi connectivity index (χ0) is 15.3. The van der Waals surface area contributed by atoms with Gasteiger partial charge in [0.25, 0.3) is 0 Å². The van der Waals surface area contributed by atoms with Crippen LogP contribution in [-0.2, 0) is 0 Å². The molecule has 1 aromatic rings. The number of hydrogen-bond donors (Lipinski definition) is 2. The molecular formula is C15H24FN3O. The fourth-order valence-corrected chi connectivity index (χ4v) is 2.21. The van der Waals surface area contributed by atoms with E-state index in [4.69, 9.17) is 15.9 Å². The second-order valence-electron chi connectivity index (χ2n) is 5.33. The standard InChI is InChI=1S/C15H24FN3O/c1-10(2)19(11(3)4)7-8-20-14-6-5-12(16)9-13(14)15(17)18/h5-6,9-11H,7-8H2,1-4H3,(H3,17,18). The predicted octanol–water partition coefficient (Wildman–Crippen LogP) is 2.61. The quantitative estimate of drug-likeness (QED) is 0.596. The summed E-state index contributed by atoms with van der Waals surface area (Å²) in [6, 6.07) is 4.91. The van der Waals surface area contributed by atoms with Gasteiger partial charge in [-0.25, -0.2) is 4.39 Å². The van der Waals surface area contributed by atoms with Crippen LogP contribution in [0.5, 0.6) is 5.75 Å². The molecule has 5 heteroatoms. The Balaban J connectivity index is 2.68. The van der Waals surface area contributed by atoms with Gasteiger partial charge in [-0.15, -0.1) is 0 Å². The number of rotatable bonds is 7. The lowest BCUT2D eigenvalue weighted by Gasteiger charge is -2.30. The highest BCUT2D eigenvalue weighted by molar-refractivity contribution is 5.97. The van der Waals surface area contributed by atoms with Crippen molar-refractivity contribution in [1.29, 1.82) is 5.41 Å². The number of halogens is 1. The summed E-state index contributed by atoms with van der Waals surface area (Å²) in [4.78, 5) is 2.30. The molecule has 0 aliphatic rings. The van der Waals surface area contributed by atoms with Gasteiger partial charge in [0.05, 0.1) is 5.56 Å². The summed E-state index contributed by atoms with van der Waals surface area (Å²) in [7, 11) is 0. The molecule has 0 saturated carbocycles. The lowest BCUT2D eigenvalue weighted by Crippen LogP contribution is -2.39. The Morgan fingerprint density at radius 3 is 2.40 bits per heavy atom. The Bertz CT molecular complexity index is 452. The molecule has 0 fully saturated rings. The van der Waals surface area contributed by atoms with E-state index in [2.05, 4.69) is 32.6 Å². The second-order valence-corrected chi connectivity index (χ2v) is 5.33. The van der Waals surface area contributed by atoms with E-state index in [1.165, 1.54) is 18.2 Å². The molecule has 3 N–H and O–H groups in total. The van der Waals surface area contributed by atoms with E-state index in [-0.39, 0.29) is 5.84 Å². The van der Waals surface area contributed by atoms with Crippen molar-refractivity contribution in [2.75, 3.05) is 13.2 Å². The van der Waals surface area contributed by atoms with Crippen molar-refractivity contribution in [3.63, 3.8) is 0 Å². The summed E-state index contributed by atoms with van der Waals surface area (Å²) in [5, 5.41) is 7.45. The Morgan fingerprint density at radius 2 is 1.90 bits per heavy atom. The summed E-state index contributed by atoms with van der Waals surface area (Å²) < 4.78 is 18.8. The maximum Gasteiger partial charge on any atom is 0.130 e. The van der Waals surface area contributed by atoms with Crippen molar-refractivity contribution in [2.45, 2.75) is 39.8 Å². The molecule has 0 heterocycles. The van der Waals surface area contributed by atoms with Crippen molar-refractivity contribution >= 4 is 5.84 Å². The second kappa shape index (κ2) is 7.24. The summed E-state index contributed by atoms with van der Waals surface area (Å²) in [5.41, 5.74) is 5.73. The van der Waals surface area contributed by atoms with Crippen molar-refractivity contribution in [2.24, 2.45) is 5.73 Å². The number of nitrogen functional groups attached to an aromatic ring is 1. The number of nitrogens with one attached hydrogen (secondary N) is 1. The van der Waals surface area contributed by atoms with Crippen LogP contribution in [0.3, 0.4) is 0 Å². The molecule has 0 saturated heterocycles. The fraction of sp³-hybridized carbons (Fsp3) is 0.533. The minimum atomic E-state index is -0.423. The molecule has 0 atom stereocenters. The van der Waals surface area contributed by atoms with E-state index in [1.54, 1.807) is 0 Å². The minimum absolute atomic E-state index is 0.191. The van der Waals surface area contributed by atoms with Crippen LogP contribution < -0.4 is 10.5 Å². The molecule has 0 aliphatic carbocycles. The minimum Gasteiger partial charge on any atom is -0.491 e. The van der Waals surface area contributed by atoms with Gasteiger partial charge in [-0.3, -0.25) is 10.3 Å². The number of nitrogens with two attached hydrogens (primary N) is 1. The molecule has 0 aliphatic heterocycles. The van der Waals surface area contributed by atoms with Crippen LogP contribution in [0, 0.1) is 11.2 Å². The van der Waals surface area contributed by atoms with E-state index in [0.717, 1.165) is 6.54 Å². The van der Waals surface area contributed by atoms with E-state index >= 15 is 0 Å². The molecule has 1 aromatic carbocycles. The first-order valence-electron chi connectivity index (χ1n) is 6.85. The first-order chi connectivity index (χ1) is 9.32. The van der Waals surface area contributed by atoms with Gasteiger partial charge < -0.3 is 10.5 Å². The average molecular weight is 281 g/mol. The zero-order valence-electron chi connectivity index (χ0n) is 12.6. The third kappa shape index (κ3) is 4.49. The summed E-state index contributed by atoms with van der Waals surface area (Å²) in [5.74, 6) is -0.163. The number of hydrogen-bond acceptors (Lipinski definition) is 3. The van der Waals surface area contributed by atoms with Gasteiger partial charge in [-0.05, 0) is 45.9 Å². The first-order valence-corrected chi connectivity index (χ1v) is 6.85. The van der Waals surface area contributed by atoms with Crippen molar-refractivity contribution in [3.05, 3.63) is 29.6 Å². The van der Waals surface area contributed by atoms with Crippen LogP contribution >= 0.6 is 0 Å². The summed E-state index contributed by atoms with van der Waals surface area (Å²) >= 11 is 0. The molecule has 0 aromatic heterocycles. The smallest absolute Gasteiger partial charge is 0.130 e. The van der Waals surface area contributed by atoms with Crippen molar-refractivity contribution < 1.29 is 9.13 Å². The monoisotopic (exact) mass is 281 g/mol. The molecule has 4 nitrogen and oxygen atoms in total. The Labute approximate surface area is 120 Å². The normalized spacial score (nSPS) is 11.4. The third-order valence-corrected chi connectivity index (χ3v) is 3.17. The number of ether oxygens (including phenoxy) is 1. The molecule has 112 valence electrons. The lowest BCUT2D eigenvalue weighted by atomic mass is 10.2. The lowest BCUT2D eigenvalue weighted by molar-refractivity contribution is 0.142. The number of benzene rings is 1. The summed E-state index contributed by atoms with van der Waals surface area (Å²) in [6.07, 6.45) is 0. The highest BCUT2D eigenvalue weighted by Crippen LogP contribution is 2.19. The molecule has 0 radical (unpaired) electrons. The average Bonchev–Trinajstić information content (AvgIpc) is 2.34. The van der Waals surface area contributed by atoms with Crippen LogP contribution in [0.2, 0.25) is 0 Å². The molecule has 0 spiro atoms. The van der Waals surface area contributed by atoms with E-state index < -0.39 is 5.82 Å². The van der Waals surface area contributed by atoms with Gasteiger partial charge in [0, 0.05) is 18.6 Å². The van der Waals surface area contributed by atoms with Gasteiger partial charge in [0.15, 0.2) is 0 Å². The van der Waals surface area contributed by atoms with E-state index in [9.17, 15) is 4.39 Å². The molecular weight excluding hydrogens is 257 g/mol. The third-order valence-electron chi connectivity index (χ3n) is 3.17. The highest BCUT2D eigenvalue weighted by Gasteiger charge is 2.14. The Hall–Kier alpha value is -1.62. The zero-order valence-corrected chi connectivity index (χ0v) is 12.6. The fourth-order valence-electron chi connectivity index (χ4n) is 2.21. The van der Waals surface area contributed by atoms with Crippen LogP contribution in [0.25, 0.3) is 0 Å². The van der Waals surface area contributed by atoms with E-state index in [0.29, 0.717) is 30.0 Å². The number of amidine groups is 1. The Kier molecular flexibility index (Phi) is 5.95. The number of nitrogens with zero attached hydrogens (tertiary/aromatic N) is 1.